The summed E-state index contributed by atoms with van der Waals surface area (Å²) in [6.45, 7) is 0. The van der Waals surface area contributed by atoms with Crippen molar-refractivity contribution in [3.63, 3.8) is 0 Å². The van der Waals surface area contributed by atoms with Crippen molar-refractivity contribution in [2.75, 3.05) is 12.0 Å². The molecule has 0 aliphatic carbocycles. The lowest BCUT2D eigenvalue weighted by Crippen LogP contribution is -1.92. The van der Waals surface area contributed by atoms with Crippen LogP contribution in [0.25, 0.3) is 0 Å². The molecule has 2 nitrogen and oxygen atoms in total. The molecule has 82 valence electrons. The molecule has 0 fully saturated rings. The first-order valence-corrected chi connectivity index (χ1v) is 6.19. The zero-order valence-electron chi connectivity index (χ0n) is 9.01. The van der Waals surface area contributed by atoms with Crippen LogP contribution in [0.3, 0.4) is 0 Å². The van der Waals surface area contributed by atoms with Gasteiger partial charge in [-0.3, -0.25) is 0 Å². The van der Waals surface area contributed by atoms with Gasteiger partial charge in [-0.25, -0.2) is 0 Å². The molecular weight excluding hydrogens is 218 g/mol. The van der Waals surface area contributed by atoms with E-state index in [0.717, 1.165) is 10.6 Å². The molecule has 0 aliphatic heterocycles. The number of nitrogen functional groups attached to an aromatic ring is 1. The van der Waals surface area contributed by atoms with E-state index in [2.05, 4.69) is 0 Å². The molecule has 2 rings (SSSR count). The van der Waals surface area contributed by atoms with Crippen LogP contribution in [0.5, 0.6) is 11.5 Å². The summed E-state index contributed by atoms with van der Waals surface area (Å²) in [5.41, 5.74) is 6.48. The largest absolute Gasteiger partial charge is 0.454 e. The maximum atomic E-state index is 5.83. The monoisotopic (exact) mass is 231 g/mol. The molecule has 0 bridgehead atoms. The summed E-state index contributed by atoms with van der Waals surface area (Å²) in [6.07, 6.45) is 2.02. The van der Waals surface area contributed by atoms with Crippen LogP contribution in [0.15, 0.2) is 53.4 Å². The lowest BCUT2D eigenvalue weighted by atomic mass is 10.3. The number of nitrogens with two attached hydrogens (primary N) is 1. The molecular formula is C13H13NOS. The molecule has 2 N–H and O–H groups in total. The molecule has 16 heavy (non-hydrogen) atoms. The zero-order valence-corrected chi connectivity index (χ0v) is 9.83. The van der Waals surface area contributed by atoms with Gasteiger partial charge in [-0.1, -0.05) is 24.3 Å². The molecule has 0 unspecified atom stereocenters. The van der Waals surface area contributed by atoms with Gasteiger partial charge in [0.1, 0.15) is 11.5 Å². The number of para-hydroxylation sites is 3. The van der Waals surface area contributed by atoms with Gasteiger partial charge in [0.2, 0.25) is 0 Å². The topological polar surface area (TPSA) is 35.2 Å². The van der Waals surface area contributed by atoms with Crippen LogP contribution in [-0.4, -0.2) is 6.26 Å². The Balaban J connectivity index is 2.30. The molecule has 0 amide bonds. The minimum absolute atomic E-state index is 0.651. The van der Waals surface area contributed by atoms with Crippen LogP contribution in [-0.2, 0) is 0 Å². The number of rotatable bonds is 3. The van der Waals surface area contributed by atoms with Gasteiger partial charge in [0.15, 0.2) is 0 Å². The molecule has 0 saturated heterocycles. The Morgan fingerprint density at radius 2 is 1.56 bits per heavy atom. The first-order chi connectivity index (χ1) is 7.81. The summed E-state index contributed by atoms with van der Waals surface area (Å²) >= 11 is 1.65. The highest BCUT2D eigenvalue weighted by Gasteiger charge is 2.04. The fraction of sp³-hybridized carbons (Fsp3) is 0.0769. The van der Waals surface area contributed by atoms with E-state index >= 15 is 0 Å². The van der Waals surface area contributed by atoms with E-state index < -0.39 is 0 Å². The second kappa shape index (κ2) is 4.94. The second-order valence-corrected chi connectivity index (χ2v) is 4.14. The molecule has 3 heteroatoms. The number of thioether (sulfide) groups is 1. The first kappa shape index (κ1) is 10.9. The van der Waals surface area contributed by atoms with Crippen LogP contribution in [0.2, 0.25) is 0 Å². The summed E-state index contributed by atoms with van der Waals surface area (Å²) in [4.78, 5) is 1.10. The zero-order chi connectivity index (χ0) is 11.4. The molecule has 0 atom stereocenters. The van der Waals surface area contributed by atoms with Gasteiger partial charge in [0.05, 0.1) is 5.69 Å². The Kier molecular flexibility index (Phi) is 3.37. The van der Waals surface area contributed by atoms with Gasteiger partial charge in [-0.2, -0.15) is 0 Å². The molecule has 0 aromatic heterocycles. The predicted molar refractivity (Wildman–Crippen MR) is 69.2 cm³/mol. The number of hydrogen-bond acceptors (Lipinski definition) is 3. The number of anilines is 1. The fourth-order valence-electron chi connectivity index (χ4n) is 1.40. The quantitative estimate of drug-likeness (QED) is 0.645. The first-order valence-electron chi connectivity index (χ1n) is 4.96. The van der Waals surface area contributed by atoms with E-state index in [0.29, 0.717) is 11.4 Å². The van der Waals surface area contributed by atoms with Gasteiger partial charge in [0.25, 0.3) is 0 Å². The summed E-state index contributed by atoms with van der Waals surface area (Å²) in [7, 11) is 0. The van der Waals surface area contributed by atoms with Crippen LogP contribution in [0, 0.1) is 0 Å². The van der Waals surface area contributed by atoms with Crippen molar-refractivity contribution >= 4 is 17.4 Å². The highest BCUT2D eigenvalue weighted by molar-refractivity contribution is 7.98. The average molecular weight is 231 g/mol. The maximum Gasteiger partial charge on any atom is 0.150 e. The normalized spacial score (nSPS) is 10.1. The Bertz CT molecular complexity index is 485. The van der Waals surface area contributed by atoms with E-state index in [1.165, 1.54) is 0 Å². The third-order valence-electron chi connectivity index (χ3n) is 2.21. The van der Waals surface area contributed by atoms with Gasteiger partial charge in [0, 0.05) is 4.90 Å². The van der Waals surface area contributed by atoms with Crippen LogP contribution < -0.4 is 10.5 Å². The lowest BCUT2D eigenvalue weighted by Gasteiger charge is -2.10. The molecule has 0 saturated carbocycles. The fourth-order valence-corrected chi connectivity index (χ4v) is 1.92. The predicted octanol–water partition coefficient (Wildman–Crippen LogP) is 3.78. The van der Waals surface area contributed by atoms with Crippen molar-refractivity contribution in [3.8, 4) is 11.5 Å². The van der Waals surface area contributed by atoms with Crippen LogP contribution in [0.1, 0.15) is 0 Å². The van der Waals surface area contributed by atoms with E-state index in [-0.39, 0.29) is 0 Å². The second-order valence-electron chi connectivity index (χ2n) is 3.29. The highest BCUT2D eigenvalue weighted by atomic mass is 32.2. The molecule has 2 aromatic carbocycles. The van der Waals surface area contributed by atoms with Crippen molar-refractivity contribution in [1.82, 2.24) is 0 Å². The number of benzene rings is 2. The van der Waals surface area contributed by atoms with Crippen molar-refractivity contribution in [1.29, 1.82) is 0 Å². The Labute approximate surface area is 99.4 Å². The van der Waals surface area contributed by atoms with E-state index in [9.17, 15) is 0 Å². The minimum atomic E-state index is 0.651. The van der Waals surface area contributed by atoms with Gasteiger partial charge >= 0.3 is 0 Å². The molecule has 0 spiro atoms. The average Bonchev–Trinajstić information content (AvgIpc) is 2.33. The van der Waals surface area contributed by atoms with Crippen molar-refractivity contribution in [2.45, 2.75) is 4.90 Å². The highest BCUT2D eigenvalue weighted by Crippen LogP contribution is 2.33. The summed E-state index contributed by atoms with van der Waals surface area (Å²) in [5.74, 6) is 1.54. The van der Waals surface area contributed by atoms with Crippen molar-refractivity contribution in [3.05, 3.63) is 48.5 Å². The molecule has 2 aromatic rings. The number of ether oxygens (including phenoxy) is 1. The lowest BCUT2D eigenvalue weighted by molar-refractivity contribution is 0.473. The van der Waals surface area contributed by atoms with E-state index in [1.54, 1.807) is 11.8 Å². The van der Waals surface area contributed by atoms with Crippen molar-refractivity contribution < 1.29 is 4.74 Å². The van der Waals surface area contributed by atoms with Gasteiger partial charge in [-0.15, -0.1) is 11.8 Å². The summed E-state index contributed by atoms with van der Waals surface area (Å²) < 4.78 is 5.79. The SMILES string of the molecule is CSc1ccccc1Oc1ccccc1N. The molecule has 0 radical (unpaired) electrons. The number of hydrogen-bond donors (Lipinski definition) is 1. The Morgan fingerprint density at radius 3 is 2.25 bits per heavy atom. The van der Waals surface area contributed by atoms with E-state index in [4.69, 9.17) is 10.5 Å². The van der Waals surface area contributed by atoms with Gasteiger partial charge < -0.3 is 10.5 Å². The Hall–Kier alpha value is -1.61. The molecule has 0 aliphatic rings. The maximum absolute atomic E-state index is 5.83. The standard InChI is InChI=1S/C13H13NOS/c1-16-13-9-5-4-8-12(13)15-11-7-3-2-6-10(11)14/h2-9H,14H2,1H3. The van der Waals surface area contributed by atoms with E-state index in [1.807, 2.05) is 54.8 Å². The van der Waals surface area contributed by atoms with Crippen LogP contribution >= 0.6 is 11.8 Å². The third kappa shape index (κ3) is 2.31. The summed E-state index contributed by atoms with van der Waals surface area (Å²) in [6, 6.07) is 15.4. The summed E-state index contributed by atoms with van der Waals surface area (Å²) in [5, 5.41) is 0. The van der Waals surface area contributed by atoms with Crippen LogP contribution in [0.4, 0.5) is 5.69 Å². The molecule has 0 heterocycles. The third-order valence-corrected chi connectivity index (χ3v) is 2.99. The van der Waals surface area contributed by atoms with Gasteiger partial charge in [-0.05, 0) is 30.5 Å². The minimum Gasteiger partial charge on any atom is -0.454 e. The smallest absolute Gasteiger partial charge is 0.150 e. The Morgan fingerprint density at radius 1 is 0.938 bits per heavy atom. The van der Waals surface area contributed by atoms with Crippen molar-refractivity contribution in [2.24, 2.45) is 0 Å².